The van der Waals surface area contributed by atoms with Gasteiger partial charge in [0, 0.05) is 6.07 Å². The van der Waals surface area contributed by atoms with Crippen molar-refractivity contribution in [3.8, 4) is 5.75 Å². The molecule has 5 nitrogen and oxygen atoms in total. The van der Waals surface area contributed by atoms with Gasteiger partial charge in [-0.1, -0.05) is 35.9 Å². The molecule has 1 amide bonds. The number of aryl methyl sites for hydroxylation is 1. The van der Waals surface area contributed by atoms with Crippen molar-refractivity contribution in [3.05, 3.63) is 72.4 Å². The van der Waals surface area contributed by atoms with Crippen LogP contribution in [-0.2, 0) is 0 Å². The van der Waals surface area contributed by atoms with E-state index in [-0.39, 0.29) is 0 Å². The van der Waals surface area contributed by atoms with E-state index in [1.807, 2.05) is 49.4 Å². The molecule has 1 heterocycles. The summed E-state index contributed by atoms with van der Waals surface area (Å²) in [4.78, 5) is 14.0. The molecular weight excluding hydrogens is 278 g/mol. The van der Waals surface area contributed by atoms with Crippen molar-refractivity contribution in [3.63, 3.8) is 0 Å². The number of ether oxygens (including phenoxy) is 1. The molecule has 110 valence electrons. The molecule has 1 aromatic heterocycles. The quantitative estimate of drug-likeness (QED) is 0.792. The van der Waals surface area contributed by atoms with Gasteiger partial charge in [0.25, 0.3) is 0 Å². The van der Waals surface area contributed by atoms with Gasteiger partial charge in [-0.25, -0.2) is 9.69 Å². The number of rotatable bonds is 3. The van der Waals surface area contributed by atoms with E-state index < -0.39 is 6.09 Å². The molecular formula is C17H15N3O2. The maximum absolute atomic E-state index is 12.6. The molecule has 22 heavy (non-hydrogen) atoms. The number of benzene rings is 2. The highest BCUT2D eigenvalue weighted by Gasteiger charge is 2.21. The number of aromatic amines is 1. The lowest BCUT2D eigenvalue weighted by molar-refractivity contribution is 0.210. The minimum atomic E-state index is -0.501. The molecule has 0 saturated carbocycles. The number of H-pyrrole nitrogens is 1. The maximum atomic E-state index is 12.6. The van der Waals surface area contributed by atoms with Crippen LogP contribution in [0, 0.1) is 6.92 Å². The number of nitrogens with zero attached hydrogens (tertiary/aromatic N) is 2. The molecule has 0 aliphatic rings. The van der Waals surface area contributed by atoms with Gasteiger partial charge >= 0.3 is 6.09 Å². The molecule has 3 aromatic rings. The van der Waals surface area contributed by atoms with E-state index in [0.29, 0.717) is 17.3 Å². The van der Waals surface area contributed by atoms with Gasteiger partial charge in [0.05, 0.1) is 11.9 Å². The number of hydrogen-bond donors (Lipinski definition) is 1. The molecule has 0 fully saturated rings. The van der Waals surface area contributed by atoms with Gasteiger partial charge in [0.2, 0.25) is 0 Å². The average molecular weight is 293 g/mol. The third kappa shape index (κ3) is 2.98. The number of hydrogen-bond acceptors (Lipinski definition) is 3. The second kappa shape index (κ2) is 6.13. The zero-order chi connectivity index (χ0) is 15.4. The van der Waals surface area contributed by atoms with E-state index >= 15 is 0 Å². The lowest BCUT2D eigenvalue weighted by Crippen LogP contribution is -2.29. The normalized spacial score (nSPS) is 10.2. The Morgan fingerprint density at radius 3 is 2.41 bits per heavy atom. The first-order valence-electron chi connectivity index (χ1n) is 6.87. The highest BCUT2D eigenvalue weighted by molar-refractivity contribution is 5.96. The van der Waals surface area contributed by atoms with Crippen LogP contribution in [0.2, 0.25) is 0 Å². The fourth-order valence-corrected chi connectivity index (χ4v) is 2.04. The van der Waals surface area contributed by atoms with Gasteiger partial charge in [0.15, 0.2) is 0 Å². The minimum absolute atomic E-state index is 0.490. The van der Waals surface area contributed by atoms with Crippen molar-refractivity contribution in [1.29, 1.82) is 0 Å². The number of nitrogens with one attached hydrogen (secondary N) is 1. The number of carbonyl (C=O) groups is 1. The summed E-state index contributed by atoms with van der Waals surface area (Å²) in [5.41, 5.74) is 1.82. The number of carbonyl (C=O) groups excluding carboxylic acids is 1. The van der Waals surface area contributed by atoms with Crippen molar-refractivity contribution >= 4 is 17.6 Å². The Bertz CT molecular complexity index is 737. The van der Waals surface area contributed by atoms with E-state index in [4.69, 9.17) is 4.74 Å². The van der Waals surface area contributed by atoms with E-state index in [1.165, 1.54) is 4.90 Å². The van der Waals surface area contributed by atoms with Gasteiger partial charge in [-0.3, -0.25) is 5.10 Å². The molecule has 0 unspecified atom stereocenters. The van der Waals surface area contributed by atoms with Crippen LogP contribution in [0.3, 0.4) is 0 Å². The summed E-state index contributed by atoms with van der Waals surface area (Å²) in [6.07, 6.45) is 1.09. The van der Waals surface area contributed by atoms with Crippen LogP contribution in [0.5, 0.6) is 5.75 Å². The van der Waals surface area contributed by atoms with Crippen LogP contribution in [0.4, 0.5) is 16.3 Å². The topological polar surface area (TPSA) is 58.2 Å². The second-order valence-electron chi connectivity index (χ2n) is 4.79. The van der Waals surface area contributed by atoms with Crippen molar-refractivity contribution in [1.82, 2.24) is 10.2 Å². The Morgan fingerprint density at radius 2 is 1.77 bits per heavy atom. The standard InChI is InChI=1S/C17H15N3O2/c1-13-7-9-14(10-8-13)20(16-11-12-18-19-16)17(21)22-15-5-3-2-4-6-15/h2-12H,1H3,(H,18,19). The third-order valence-electron chi connectivity index (χ3n) is 3.15. The van der Waals surface area contributed by atoms with Crippen LogP contribution >= 0.6 is 0 Å². The molecule has 3 rings (SSSR count). The molecule has 0 saturated heterocycles. The van der Waals surface area contributed by atoms with E-state index in [0.717, 1.165) is 5.56 Å². The smallest absolute Gasteiger partial charge is 0.410 e. The summed E-state index contributed by atoms with van der Waals surface area (Å²) in [5.74, 6) is 1.04. The molecule has 0 radical (unpaired) electrons. The van der Waals surface area contributed by atoms with Crippen molar-refractivity contribution in [2.24, 2.45) is 0 Å². The van der Waals surface area contributed by atoms with E-state index in [9.17, 15) is 4.79 Å². The molecule has 5 heteroatoms. The minimum Gasteiger partial charge on any atom is -0.410 e. The van der Waals surface area contributed by atoms with Gasteiger partial charge in [-0.15, -0.1) is 0 Å². The molecule has 1 N–H and O–H groups in total. The fraction of sp³-hybridized carbons (Fsp3) is 0.0588. The maximum Gasteiger partial charge on any atom is 0.425 e. The number of para-hydroxylation sites is 1. The van der Waals surface area contributed by atoms with Gasteiger partial charge in [0.1, 0.15) is 11.6 Å². The van der Waals surface area contributed by atoms with E-state index in [2.05, 4.69) is 10.2 Å². The highest BCUT2D eigenvalue weighted by Crippen LogP contribution is 2.25. The summed E-state index contributed by atoms with van der Waals surface area (Å²) in [6, 6.07) is 18.3. The predicted octanol–water partition coefficient (Wildman–Crippen LogP) is 4.06. The van der Waals surface area contributed by atoms with Gasteiger partial charge in [-0.2, -0.15) is 5.10 Å². The third-order valence-corrected chi connectivity index (χ3v) is 3.15. The van der Waals surface area contributed by atoms with Crippen LogP contribution < -0.4 is 9.64 Å². The summed E-state index contributed by atoms with van der Waals surface area (Å²) in [5, 5.41) is 6.69. The molecule has 0 atom stereocenters. The van der Waals surface area contributed by atoms with Gasteiger partial charge in [-0.05, 0) is 31.2 Å². The summed E-state index contributed by atoms with van der Waals surface area (Å²) >= 11 is 0. The Kier molecular flexibility index (Phi) is 3.87. The largest absolute Gasteiger partial charge is 0.425 e. The zero-order valence-electron chi connectivity index (χ0n) is 12.1. The molecule has 0 bridgehead atoms. The first-order valence-corrected chi connectivity index (χ1v) is 6.87. The van der Waals surface area contributed by atoms with Crippen molar-refractivity contribution in [2.75, 3.05) is 4.90 Å². The van der Waals surface area contributed by atoms with Gasteiger partial charge < -0.3 is 4.74 Å². The predicted molar refractivity (Wildman–Crippen MR) is 84.4 cm³/mol. The summed E-state index contributed by atoms with van der Waals surface area (Å²) in [6.45, 7) is 1.99. The average Bonchev–Trinajstić information content (AvgIpc) is 3.04. The monoisotopic (exact) mass is 293 g/mol. The summed E-state index contributed by atoms with van der Waals surface area (Å²) < 4.78 is 5.42. The van der Waals surface area contributed by atoms with Crippen molar-refractivity contribution in [2.45, 2.75) is 6.92 Å². The van der Waals surface area contributed by atoms with Crippen LogP contribution in [0.15, 0.2) is 66.9 Å². The molecule has 2 aromatic carbocycles. The van der Waals surface area contributed by atoms with Crippen LogP contribution in [0.1, 0.15) is 5.56 Å². The first-order chi connectivity index (χ1) is 10.7. The number of anilines is 2. The second-order valence-corrected chi connectivity index (χ2v) is 4.79. The van der Waals surface area contributed by atoms with Crippen molar-refractivity contribution < 1.29 is 9.53 Å². The highest BCUT2D eigenvalue weighted by atomic mass is 16.6. The van der Waals surface area contributed by atoms with Crippen LogP contribution in [-0.4, -0.2) is 16.3 Å². The molecule has 0 spiro atoms. The lowest BCUT2D eigenvalue weighted by Gasteiger charge is -2.20. The fourth-order valence-electron chi connectivity index (χ4n) is 2.04. The zero-order valence-corrected chi connectivity index (χ0v) is 12.1. The summed E-state index contributed by atoms with van der Waals surface area (Å²) in [7, 11) is 0. The Hall–Kier alpha value is -3.08. The Balaban J connectivity index is 1.92. The number of aromatic nitrogens is 2. The molecule has 0 aliphatic heterocycles. The van der Waals surface area contributed by atoms with E-state index in [1.54, 1.807) is 24.4 Å². The first kappa shape index (κ1) is 13.9. The Morgan fingerprint density at radius 1 is 1.05 bits per heavy atom. The van der Waals surface area contributed by atoms with Crippen LogP contribution in [0.25, 0.3) is 0 Å². The lowest BCUT2D eigenvalue weighted by atomic mass is 10.2. The number of amides is 1. The Labute approximate surface area is 128 Å². The molecule has 0 aliphatic carbocycles. The SMILES string of the molecule is Cc1ccc(N(C(=O)Oc2ccccc2)c2ccn[nH]2)cc1.